The zero-order chi connectivity index (χ0) is 19.3. The molecule has 0 radical (unpaired) electrons. The van der Waals surface area contributed by atoms with Crippen LogP contribution in [0.2, 0.25) is 5.02 Å². The van der Waals surface area contributed by atoms with E-state index in [-0.39, 0.29) is 6.04 Å². The largest absolute Gasteiger partial charge is 0.468 e. The molecule has 3 aliphatic rings. The summed E-state index contributed by atoms with van der Waals surface area (Å²) in [6, 6.07) is 6.58. The van der Waals surface area contributed by atoms with Gasteiger partial charge >= 0.3 is 11.9 Å². The van der Waals surface area contributed by atoms with Gasteiger partial charge in [-0.1, -0.05) is 41.6 Å². The fraction of sp³-hybridized carbons (Fsp3) is 0.316. The maximum atomic E-state index is 13.1. The van der Waals surface area contributed by atoms with Crippen molar-refractivity contribution in [2.24, 2.45) is 5.10 Å². The van der Waals surface area contributed by atoms with Crippen LogP contribution in [-0.2, 0) is 19.1 Å². The van der Waals surface area contributed by atoms with E-state index in [0.717, 1.165) is 11.1 Å². The maximum absolute atomic E-state index is 13.1. The lowest BCUT2D eigenvalue weighted by Crippen LogP contribution is -2.62. The molecule has 3 unspecified atom stereocenters. The molecule has 0 aliphatic carbocycles. The SMILES string of the molecule is COC(=O)C1=CC2C=C(C)C3N2N=C(c2ccc(Cl)cc2)SC13C(=O)OC. The summed E-state index contributed by atoms with van der Waals surface area (Å²) in [4.78, 5) is 25.7. The van der Waals surface area contributed by atoms with Crippen molar-refractivity contribution in [1.29, 1.82) is 0 Å². The van der Waals surface area contributed by atoms with Crippen molar-refractivity contribution in [3.8, 4) is 0 Å². The topological polar surface area (TPSA) is 68.2 Å². The molecule has 0 fully saturated rings. The standard InChI is InChI=1S/C19H17ClN2O4S/c1-10-8-13-9-14(17(23)25-2)19(18(24)26-3)15(10)22(13)21-16(27-19)11-4-6-12(20)7-5-11/h4-9,13,15H,1-3H3. The molecule has 140 valence electrons. The van der Waals surface area contributed by atoms with Crippen LogP contribution in [-0.4, -0.2) is 53.0 Å². The normalized spacial score (nSPS) is 28.1. The highest BCUT2D eigenvalue weighted by Gasteiger charge is 2.64. The van der Waals surface area contributed by atoms with Crippen LogP contribution in [0.1, 0.15) is 12.5 Å². The first-order chi connectivity index (χ1) is 12.9. The molecule has 3 heterocycles. The molecule has 6 nitrogen and oxygen atoms in total. The summed E-state index contributed by atoms with van der Waals surface area (Å²) in [5.41, 5.74) is 2.07. The van der Waals surface area contributed by atoms with Crippen molar-refractivity contribution < 1.29 is 19.1 Å². The average molecular weight is 405 g/mol. The molecule has 4 rings (SSSR count). The van der Waals surface area contributed by atoms with Crippen molar-refractivity contribution in [1.82, 2.24) is 5.01 Å². The van der Waals surface area contributed by atoms with Gasteiger partial charge in [0, 0.05) is 10.6 Å². The van der Waals surface area contributed by atoms with E-state index in [1.54, 1.807) is 18.2 Å². The molecule has 8 heteroatoms. The van der Waals surface area contributed by atoms with Gasteiger partial charge in [0.1, 0.15) is 5.04 Å². The number of hydrogen-bond donors (Lipinski definition) is 0. The van der Waals surface area contributed by atoms with Crippen molar-refractivity contribution in [3.63, 3.8) is 0 Å². The van der Waals surface area contributed by atoms with Crippen LogP contribution >= 0.6 is 23.4 Å². The van der Waals surface area contributed by atoms with E-state index in [4.69, 9.17) is 26.2 Å². The Morgan fingerprint density at radius 1 is 1.19 bits per heavy atom. The Hall–Kier alpha value is -2.25. The van der Waals surface area contributed by atoms with Gasteiger partial charge in [0.25, 0.3) is 0 Å². The zero-order valence-corrected chi connectivity index (χ0v) is 16.5. The van der Waals surface area contributed by atoms with Crippen LogP contribution in [0.3, 0.4) is 0 Å². The number of carbonyl (C=O) groups excluding carboxylic acids is 2. The van der Waals surface area contributed by atoms with Gasteiger partial charge in [0.05, 0.1) is 31.9 Å². The number of carbonyl (C=O) groups is 2. The third-order valence-electron chi connectivity index (χ3n) is 5.01. The molecular formula is C19H17ClN2O4S. The van der Waals surface area contributed by atoms with Crippen molar-refractivity contribution in [2.75, 3.05) is 14.2 Å². The number of halogens is 1. The first kappa shape index (κ1) is 18.1. The van der Waals surface area contributed by atoms with E-state index >= 15 is 0 Å². The molecular weight excluding hydrogens is 388 g/mol. The zero-order valence-electron chi connectivity index (χ0n) is 14.9. The third kappa shape index (κ3) is 2.52. The number of methoxy groups -OCH3 is 2. The van der Waals surface area contributed by atoms with Gasteiger partial charge < -0.3 is 9.47 Å². The molecule has 1 aromatic rings. The fourth-order valence-electron chi connectivity index (χ4n) is 3.86. The highest BCUT2D eigenvalue weighted by atomic mass is 35.5. The summed E-state index contributed by atoms with van der Waals surface area (Å²) >= 11 is 7.22. The number of thioether (sulfide) groups is 1. The smallest absolute Gasteiger partial charge is 0.335 e. The molecule has 3 aliphatic heterocycles. The average Bonchev–Trinajstić information content (AvgIpc) is 2.92. The predicted molar refractivity (Wildman–Crippen MR) is 104 cm³/mol. The molecule has 0 spiro atoms. The number of ether oxygens (including phenoxy) is 2. The third-order valence-corrected chi connectivity index (χ3v) is 6.70. The van der Waals surface area contributed by atoms with E-state index in [0.29, 0.717) is 15.6 Å². The lowest BCUT2D eigenvalue weighted by atomic mass is 9.84. The molecule has 1 aromatic carbocycles. The molecule has 0 saturated heterocycles. The summed E-state index contributed by atoms with van der Waals surface area (Å²) in [5.74, 6) is -1.04. The van der Waals surface area contributed by atoms with Crippen LogP contribution in [0.15, 0.2) is 52.7 Å². The second-order valence-electron chi connectivity index (χ2n) is 6.50. The summed E-state index contributed by atoms with van der Waals surface area (Å²) < 4.78 is 8.86. The predicted octanol–water partition coefficient (Wildman–Crippen LogP) is 2.77. The Bertz CT molecular complexity index is 924. The quantitative estimate of drug-likeness (QED) is 0.570. The van der Waals surface area contributed by atoms with E-state index in [1.807, 2.05) is 30.1 Å². The Kier molecular flexibility index (Phi) is 4.31. The Balaban J connectivity index is 1.91. The molecule has 0 amide bonds. The van der Waals surface area contributed by atoms with Gasteiger partial charge in [-0.25, -0.2) is 4.79 Å². The van der Waals surface area contributed by atoms with Crippen molar-refractivity contribution >= 4 is 40.3 Å². The lowest BCUT2D eigenvalue weighted by molar-refractivity contribution is -0.147. The fourth-order valence-corrected chi connectivity index (χ4v) is 5.51. The molecule has 27 heavy (non-hydrogen) atoms. The van der Waals surface area contributed by atoms with E-state index in [2.05, 4.69) is 0 Å². The van der Waals surface area contributed by atoms with Crippen LogP contribution < -0.4 is 0 Å². The second kappa shape index (κ2) is 6.42. The Morgan fingerprint density at radius 3 is 2.52 bits per heavy atom. The number of nitrogens with zero attached hydrogens (tertiary/aromatic N) is 2. The van der Waals surface area contributed by atoms with Gasteiger partial charge in [-0.3, -0.25) is 9.80 Å². The summed E-state index contributed by atoms with van der Waals surface area (Å²) in [5, 5.41) is 7.86. The van der Waals surface area contributed by atoms with Gasteiger partial charge in [-0.15, -0.1) is 0 Å². The Morgan fingerprint density at radius 2 is 1.89 bits per heavy atom. The minimum Gasteiger partial charge on any atom is -0.468 e. The highest BCUT2D eigenvalue weighted by molar-refractivity contribution is 8.16. The Labute approximate surface area is 165 Å². The van der Waals surface area contributed by atoms with Gasteiger partial charge in [-0.05, 0) is 30.7 Å². The van der Waals surface area contributed by atoms with Crippen LogP contribution in [0.4, 0.5) is 0 Å². The molecule has 0 N–H and O–H groups in total. The number of hydrazone groups is 1. The van der Waals surface area contributed by atoms with Crippen LogP contribution in [0, 0.1) is 0 Å². The summed E-state index contributed by atoms with van der Waals surface area (Å²) in [6.07, 6.45) is 3.75. The maximum Gasteiger partial charge on any atom is 0.335 e. The summed E-state index contributed by atoms with van der Waals surface area (Å²) in [6.45, 7) is 1.94. The minimum absolute atomic E-state index is 0.218. The first-order valence-electron chi connectivity index (χ1n) is 8.31. The van der Waals surface area contributed by atoms with Crippen molar-refractivity contribution in [3.05, 3.63) is 58.1 Å². The van der Waals surface area contributed by atoms with Crippen LogP contribution in [0.5, 0.6) is 0 Å². The number of rotatable bonds is 3. The summed E-state index contributed by atoms with van der Waals surface area (Å²) in [7, 11) is 2.63. The monoisotopic (exact) mass is 404 g/mol. The molecule has 0 saturated carbocycles. The molecule has 4 bridgehead atoms. The number of hydrogen-bond acceptors (Lipinski definition) is 7. The van der Waals surface area contributed by atoms with Gasteiger partial charge in [-0.2, -0.15) is 5.10 Å². The van der Waals surface area contributed by atoms with E-state index < -0.39 is 22.7 Å². The van der Waals surface area contributed by atoms with Gasteiger partial charge in [0.15, 0.2) is 4.75 Å². The minimum atomic E-state index is -1.29. The number of esters is 2. The first-order valence-corrected chi connectivity index (χ1v) is 9.51. The van der Waals surface area contributed by atoms with E-state index in [9.17, 15) is 9.59 Å². The molecule has 3 atom stereocenters. The lowest BCUT2D eigenvalue weighted by Gasteiger charge is -2.48. The number of benzene rings is 1. The second-order valence-corrected chi connectivity index (χ2v) is 8.17. The van der Waals surface area contributed by atoms with E-state index in [1.165, 1.54) is 26.0 Å². The van der Waals surface area contributed by atoms with Crippen LogP contribution in [0.25, 0.3) is 0 Å². The highest BCUT2D eigenvalue weighted by Crippen LogP contribution is 2.53. The van der Waals surface area contributed by atoms with Crippen molar-refractivity contribution in [2.45, 2.75) is 23.8 Å². The van der Waals surface area contributed by atoms with Gasteiger partial charge in [0.2, 0.25) is 0 Å². The molecule has 0 aromatic heterocycles.